The predicted molar refractivity (Wildman–Crippen MR) is 100 cm³/mol. The summed E-state index contributed by atoms with van der Waals surface area (Å²) < 4.78 is 34.8. The highest BCUT2D eigenvalue weighted by molar-refractivity contribution is 8.14. The van der Waals surface area contributed by atoms with Crippen LogP contribution < -0.4 is 15.2 Å². The minimum absolute atomic E-state index is 0.0836. The maximum Gasteiger partial charge on any atom is 0.387 e. The molecular weight excluding hydrogens is 376 g/mol. The van der Waals surface area contributed by atoms with E-state index in [4.69, 9.17) is 10.5 Å². The van der Waals surface area contributed by atoms with Crippen molar-refractivity contribution in [3.8, 4) is 11.5 Å². The SMILES string of the molecule is COc1ccc(C2=NN(Cc3ccc(N)cc3)C(=O)SC2)cc1OC(F)F. The lowest BCUT2D eigenvalue weighted by atomic mass is 10.1. The molecule has 142 valence electrons. The first-order chi connectivity index (χ1) is 13.0. The number of nitrogen functional groups attached to an aromatic ring is 1. The molecule has 0 atom stereocenters. The molecule has 2 aromatic rings. The van der Waals surface area contributed by atoms with Gasteiger partial charge in [-0.2, -0.15) is 13.9 Å². The summed E-state index contributed by atoms with van der Waals surface area (Å²) in [5, 5.41) is 5.54. The van der Waals surface area contributed by atoms with Crippen LogP contribution in [0.2, 0.25) is 0 Å². The molecule has 3 rings (SSSR count). The van der Waals surface area contributed by atoms with E-state index in [2.05, 4.69) is 9.84 Å². The molecule has 0 aromatic heterocycles. The van der Waals surface area contributed by atoms with Gasteiger partial charge >= 0.3 is 11.9 Å². The summed E-state index contributed by atoms with van der Waals surface area (Å²) in [4.78, 5) is 12.2. The average molecular weight is 393 g/mol. The number of rotatable bonds is 6. The largest absolute Gasteiger partial charge is 0.493 e. The lowest BCUT2D eigenvalue weighted by molar-refractivity contribution is -0.0512. The van der Waals surface area contributed by atoms with Crippen molar-refractivity contribution >= 4 is 28.4 Å². The molecule has 0 fully saturated rings. The van der Waals surface area contributed by atoms with Crippen LogP contribution in [0.1, 0.15) is 11.1 Å². The lowest BCUT2D eigenvalue weighted by Gasteiger charge is -2.23. The van der Waals surface area contributed by atoms with Crippen LogP contribution in [0, 0.1) is 0 Å². The third-order valence-electron chi connectivity index (χ3n) is 3.81. The van der Waals surface area contributed by atoms with Gasteiger partial charge in [0, 0.05) is 17.0 Å². The second-order valence-electron chi connectivity index (χ2n) is 5.64. The number of hydrogen-bond donors (Lipinski definition) is 1. The maximum atomic E-state index is 12.6. The van der Waals surface area contributed by atoms with Crippen LogP contribution in [0.3, 0.4) is 0 Å². The topological polar surface area (TPSA) is 77.1 Å². The Balaban J connectivity index is 1.86. The summed E-state index contributed by atoms with van der Waals surface area (Å²) in [6.07, 6.45) is 0. The van der Waals surface area contributed by atoms with Crippen LogP contribution >= 0.6 is 11.8 Å². The van der Waals surface area contributed by atoms with Crippen molar-refractivity contribution in [3.05, 3.63) is 53.6 Å². The molecular formula is C18H17F2N3O3S. The van der Waals surface area contributed by atoms with Gasteiger partial charge in [0.05, 0.1) is 19.4 Å². The van der Waals surface area contributed by atoms with Gasteiger partial charge in [0.2, 0.25) is 0 Å². The van der Waals surface area contributed by atoms with Crippen molar-refractivity contribution in [1.82, 2.24) is 5.01 Å². The summed E-state index contributed by atoms with van der Waals surface area (Å²) in [6.45, 7) is -2.69. The second-order valence-corrected chi connectivity index (χ2v) is 6.57. The molecule has 1 aliphatic rings. The number of alkyl halides is 2. The maximum absolute atomic E-state index is 12.6. The Kier molecular flexibility index (Phi) is 5.80. The molecule has 2 N–H and O–H groups in total. The minimum atomic E-state index is -2.97. The van der Waals surface area contributed by atoms with Crippen molar-refractivity contribution in [2.45, 2.75) is 13.2 Å². The molecule has 0 bridgehead atoms. The van der Waals surface area contributed by atoms with E-state index in [9.17, 15) is 13.6 Å². The molecule has 27 heavy (non-hydrogen) atoms. The third-order valence-corrected chi connectivity index (χ3v) is 4.68. The van der Waals surface area contributed by atoms with Gasteiger partial charge < -0.3 is 15.2 Å². The summed E-state index contributed by atoms with van der Waals surface area (Å²) in [5.41, 5.74) is 8.33. The number of benzene rings is 2. The number of amides is 1. The Morgan fingerprint density at radius 1 is 1.22 bits per heavy atom. The lowest BCUT2D eigenvalue weighted by Crippen LogP contribution is -2.29. The predicted octanol–water partition coefficient (Wildman–Crippen LogP) is 3.95. The van der Waals surface area contributed by atoms with E-state index in [1.807, 2.05) is 12.1 Å². The van der Waals surface area contributed by atoms with Gasteiger partial charge in [0.25, 0.3) is 0 Å². The van der Waals surface area contributed by atoms with Crippen LogP contribution in [0.25, 0.3) is 0 Å². The highest BCUT2D eigenvalue weighted by atomic mass is 32.2. The number of nitrogens with two attached hydrogens (primary N) is 1. The van der Waals surface area contributed by atoms with Gasteiger partial charge in [0.1, 0.15) is 0 Å². The Labute approximate surface area is 158 Å². The van der Waals surface area contributed by atoms with E-state index >= 15 is 0 Å². The number of carbonyl (C=O) groups excluding carboxylic acids is 1. The fourth-order valence-electron chi connectivity index (χ4n) is 2.50. The number of hydrazone groups is 1. The molecule has 1 heterocycles. The number of thioether (sulfide) groups is 1. The fraction of sp³-hybridized carbons (Fsp3) is 0.222. The number of halogens is 2. The molecule has 0 saturated heterocycles. The van der Waals surface area contributed by atoms with Crippen LogP contribution in [0.15, 0.2) is 47.6 Å². The molecule has 2 aromatic carbocycles. The standard InChI is InChI=1S/C18H17F2N3O3S/c1-25-15-7-4-12(8-16(15)26-17(19)20)14-10-27-18(24)23(22-14)9-11-2-5-13(21)6-3-11/h2-8,17H,9-10,21H2,1H3. The molecule has 0 saturated carbocycles. The molecule has 1 aliphatic heterocycles. The van der Waals surface area contributed by atoms with Crippen LogP contribution in [0.5, 0.6) is 11.5 Å². The smallest absolute Gasteiger partial charge is 0.387 e. The van der Waals surface area contributed by atoms with Crippen molar-refractivity contribution < 1.29 is 23.0 Å². The highest BCUT2D eigenvalue weighted by Crippen LogP contribution is 2.31. The van der Waals surface area contributed by atoms with Crippen LogP contribution in [0.4, 0.5) is 19.3 Å². The van der Waals surface area contributed by atoms with E-state index < -0.39 is 6.61 Å². The first-order valence-electron chi connectivity index (χ1n) is 7.95. The summed E-state index contributed by atoms with van der Waals surface area (Å²) in [7, 11) is 1.37. The molecule has 0 aliphatic carbocycles. The zero-order chi connectivity index (χ0) is 19.4. The van der Waals surface area contributed by atoms with Gasteiger partial charge in [-0.3, -0.25) is 4.79 Å². The zero-order valence-electron chi connectivity index (χ0n) is 14.4. The van der Waals surface area contributed by atoms with E-state index in [1.54, 1.807) is 18.2 Å². The van der Waals surface area contributed by atoms with E-state index in [1.165, 1.54) is 24.3 Å². The summed E-state index contributed by atoms with van der Waals surface area (Å²) in [5.74, 6) is 0.440. The van der Waals surface area contributed by atoms with Crippen molar-refractivity contribution in [2.24, 2.45) is 5.10 Å². The average Bonchev–Trinajstić information content (AvgIpc) is 2.65. The third kappa shape index (κ3) is 4.68. The minimum Gasteiger partial charge on any atom is -0.493 e. The number of anilines is 1. The Hall–Kier alpha value is -2.81. The summed E-state index contributed by atoms with van der Waals surface area (Å²) in [6, 6.07) is 11.8. The number of carbonyl (C=O) groups is 1. The van der Waals surface area contributed by atoms with Crippen LogP contribution in [-0.4, -0.2) is 35.4 Å². The van der Waals surface area contributed by atoms with E-state index in [-0.39, 0.29) is 23.3 Å². The quantitative estimate of drug-likeness (QED) is 0.752. The first kappa shape index (κ1) is 19.0. The Bertz CT molecular complexity index is 859. The highest BCUT2D eigenvalue weighted by Gasteiger charge is 2.23. The van der Waals surface area contributed by atoms with Gasteiger partial charge in [-0.05, 0) is 35.9 Å². The second kappa shape index (κ2) is 8.26. The van der Waals surface area contributed by atoms with Crippen LogP contribution in [-0.2, 0) is 6.54 Å². The normalized spacial score (nSPS) is 14.3. The number of methoxy groups -OCH3 is 1. The van der Waals surface area contributed by atoms with Gasteiger partial charge in [-0.1, -0.05) is 23.9 Å². The molecule has 0 radical (unpaired) electrons. The van der Waals surface area contributed by atoms with Crippen molar-refractivity contribution in [3.63, 3.8) is 0 Å². The van der Waals surface area contributed by atoms with Gasteiger partial charge in [-0.25, -0.2) is 5.01 Å². The van der Waals surface area contributed by atoms with E-state index in [0.29, 0.717) is 22.7 Å². The number of hydrogen-bond acceptors (Lipinski definition) is 6. The molecule has 1 amide bonds. The first-order valence-corrected chi connectivity index (χ1v) is 8.94. The summed E-state index contributed by atoms with van der Waals surface area (Å²) >= 11 is 1.09. The number of nitrogens with zero attached hydrogens (tertiary/aromatic N) is 2. The molecule has 0 spiro atoms. The molecule has 9 heteroatoms. The Morgan fingerprint density at radius 3 is 2.63 bits per heavy atom. The van der Waals surface area contributed by atoms with Gasteiger partial charge in [-0.15, -0.1) is 0 Å². The van der Waals surface area contributed by atoms with Crippen molar-refractivity contribution in [2.75, 3.05) is 18.6 Å². The fourth-order valence-corrected chi connectivity index (χ4v) is 3.24. The number of ether oxygens (including phenoxy) is 2. The zero-order valence-corrected chi connectivity index (χ0v) is 15.2. The van der Waals surface area contributed by atoms with Crippen molar-refractivity contribution in [1.29, 1.82) is 0 Å². The monoisotopic (exact) mass is 393 g/mol. The Morgan fingerprint density at radius 2 is 1.96 bits per heavy atom. The van der Waals surface area contributed by atoms with E-state index in [0.717, 1.165) is 17.3 Å². The molecule has 0 unspecified atom stereocenters. The van der Waals surface area contributed by atoms with Gasteiger partial charge in [0.15, 0.2) is 11.5 Å². The molecule has 6 nitrogen and oxygen atoms in total.